The van der Waals surface area contributed by atoms with E-state index in [9.17, 15) is 14.4 Å². The number of amides is 2. The van der Waals surface area contributed by atoms with E-state index < -0.39 is 5.97 Å². The number of hydrogen-bond acceptors (Lipinski definition) is 6. The average molecular weight is 509 g/mol. The van der Waals surface area contributed by atoms with Crippen molar-refractivity contribution in [1.82, 2.24) is 4.90 Å². The van der Waals surface area contributed by atoms with Crippen molar-refractivity contribution >= 4 is 81.0 Å². The van der Waals surface area contributed by atoms with Crippen molar-refractivity contribution in [3.63, 3.8) is 0 Å². The number of carbonyl (C=O) groups is 3. The molecule has 10 heteroatoms. The Morgan fingerprint density at radius 3 is 2.44 bits per heavy atom. The van der Waals surface area contributed by atoms with Crippen molar-refractivity contribution in [2.75, 3.05) is 19.0 Å². The molecule has 1 heterocycles. The van der Waals surface area contributed by atoms with E-state index >= 15 is 0 Å². The Labute approximate surface area is 204 Å². The van der Waals surface area contributed by atoms with E-state index in [4.69, 9.17) is 35.4 Å². The van der Waals surface area contributed by atoms with Crippen LogP contribution in [0.5, 0.6) is 0 Å². The number of thiocarbonyl (C=S) groups is 1. The van der Waals surface area contributed by atoms with Gasteiger partial charge in [-0.2, -0.15) is 0 Å². The van der Waals surface area contributed by atoms with Crippen LogP contribution in [0.1, 0.15) is 28.8 Å². The normalized spacial score (nSPS) is 14.7. The number of benzene rings is 2. The highest BCUT2D eigenvalue weighted by atomic mass is 35.5. The highest BCUT2D eigenvalue weighted by Gasteiger charge is 2.31. The molecule has 1 aliphatic rings. The van der Waals surface area contributed by atoms with Crippen LogP contribution in [-0.2, 0) is 14.3 Å². The Balaban J connectivity index is 1.55. The van der Waals surface area contributed by atoms with Crippen molar-refractivity contribution in [3.05, 3.63) is 68.5 Å². The molecular formula is C22H18Cl2N2O4S2. The van der Waals surface area contributed by atoms with Crippen LogP contribution in [0.3, 0.4) is 0 Å². The van der Waals surface area contributed by atoms with Gasteiger partial charge >= 0.3 is 5.97 Å². The van der Waals surface area contributed by atoms with Crippen LogP contribution in [0.15, 0.2) is 47.4 Å². The van der Waals surface area contributed by atoms with Gasteiger partial charge in [-0.3, -0.25) is 14.5 Å². The van der Waals surface area contributed by atoms with Crippen LogP contribution in [0.4, 0.5) is 5.69 Å². The smallest absolute Gasteiger partial charge is 0.337 e. The molecule has 6 nitrogen and oxygen atoms in total. The third-order valence-corrected chi connectivity index (χ3v) is 6.25. The van der Waals surface area contributed by atoms with Crippen LogP contribution >= 0.6 is 47.2 Å². The van der Waals surface area contributed by atoms with Gasteiger partial charge in [0.25, 0.3) is 5.91 Å². The fourth-order valence-corrected chi connectivity index (χ4v) is 4.76. The number of carbonyl (C=O) groups excluding carboxylic acids is 3. The fraction of sp³-hybridized carbons (Fsp3) is 0.182. The molecule has 1 N–H and O–H groups in total. The number of esters is 1. The maximum absolute atomic E-state index is 12.7. The number of nitrogens with zero attached hydrogens (tertiary/aromatic N) is 1. The molecule has 1 aliphatic heterocycles. The van der Waals surface area contributed by atoms with Gasteiger partial charge in [0.15, 0.2) is 0 Å². The largest absolute Gasteiger partial charge is 0.465 e. The summed E-state index contributed by atoms with van der Waals surface area (Å²) in [7, 11) is 1.32. The van der Waals surface area contributed by atoms with Gasteiger partial charge in [0, 0.05) is 28.7 Å². The number of rotatable bonds is 7. The van der Waals surface area contributed by atoms with Crippen LogP contribution < -0.4 is 5.32 Å². The van der Waals surface area contributed by atoms with Gasteiger partial charge in [0.05, 0.1) is 17.6 Å². The van der Waals surface area contributed by atoms with Gasteiger partial charge in [-0.05, 0) is 48.4 Å². The molecule has 1 saturated heterocycles. The van der Waals surface area contributed by atoms with E-state index in [1.807, 2.05) is 0 Å². The molecular weight excluding hydrogens is 491 g/mol. The molecule has 0 aromatic heterocycles. The molecule has 32 heavy (non-hydrogen) atoms. The van der Waals surface area contributed by atoms with Gasteiger partial charge in [0.2, 0.25) is 5.91 Å². The molecule has 0 radical (unpaired) electrons. The molecule has 0 aliphatic carbocycles. The molecule has 0 bridgehead atoms. The van der Waals surface area contributed by atoms with Crippen LogP contribution in [0.2, 0.25) is 10.0 Å². The topological polar surface area (TPSA) is 75.7 Å². The first-order valence-electron chi connectivity index (χ1n) is 9.46. The molecule has 0 unspecified atom stereocenters. The second kappa shape index (κ2) is 11.0. The molecule has 0 atom stereocenters. The number of halogens is 2. The zero-order chi connectivity index (χ0) is 23.3. The molecule has 2 aromatic rings. The predicted octanol–water partition coefficient (Wildman–Crippen LogP) is 5.40. The fourth-order valence-electron chi connectivity index (χ4n) is 2.92. The minimum atomic E-state index is -0.426. The first-order valence-corrected chi connectivity index (χ1v) is 11.4. The second-order valence-electron chi connectivity index (χ2n) is 6.76. The van der Waals surface area contributed by atoms with Crippen LogP contribution in [0.25, 0.3) is 6.08 Å². The molecule has 2 amide bonds. The number of anilines is 1. The minimum Gasteiger partial charge on any atom is -0.465 e. The van der Waals surface area contributed by atoms with E-state index in [0.717, 1.165) is 5.56 Å². The standard InChI is InChI=1S/C22H18Cl2N2O4S2/c1-30-21(29)14-6-4-13(5-7-14)9-18-20(28)26(22(31)32-18)8-2-3-19(27)25-17-11-15(23)10-16(24)12-17/h4-7,9-12H,2-3,8H2,1H3,(H,25,27)/b18-9-. The Morgan fingerprint density at radius 1 is 1.16 bits per heavy atom. The van der Waals surface area contributed by atoms with E-state index in [1.165, 1.54) is 23.8 Å². The van der Waals surface area contributed by atoms with Crippen molar-refractivity contribution in [1.29, 1.82) is 0 Å². The molecule has 0 spiro atoms. The van der Waals surface area contributed by atoms with Crippen molar-refractivity contribution in [2.45, 2.75) is 12.8 Å². The quantitative estimate of drug-likeness (QED) is 0.306. The summed E-state index contributed by atoms with van der Waals surface area (Å²) in [6.45, 7) is 0.326. The third kappa shape index (κ3) is 6.32. The summed E-state index contributed by atoms with van der Waals surface area (Å²) in [6, 6.07) is 11.5. The van der Waals surface area contributed by atoms with Gasteiger partial charge in [-0.25, -0.2) is 4.79 Å². The summed E-state index contributed by atoms with van der Waals surface area (Å²) in [5.41, 5.74) is 1.70. The minimum absolute atomic E-state index is 0.204. The monoisotopic (exact) mass is 508 g/mol. The molecule has 3 rings (SSSR count). The lowest BCUT2D eigenvalue weighted by atomic mass is 10.1. The van der Waals surface area contributed by atoms with Crippen molar-refractivity contribution in [2.24, 2.45) is 0 Å². The van der Waals surface area contributed by atoms with E-state index in [1.54, 1.807) is 48.5 Å². The molecule has 0 saturated carbocycles. The van der Waals surface area contributed by atoms with Gasteiger partial charge in [0.1, 0.15) is 4.32 Å². The zero-order valence-corrected chi connectivity index (χ0v) is 20.0. The summed E-state index contributed by atoms with van der Waals surface area (Å²) in [6.07, 6.45) is 2.36. The number of thioether (sulfide) groups is 1. The predicted molar refractivity (Wildman–Crippen MR) is 132 cm³/mol. The number of nitrogens with one attached hydrogen (secondary N) is 1. The average Bonchev–Trinajstić information content (AvgIpc) is 3.00. The van der Waals surface area contributed by atoms with Crippen molar-refractivity contribution in [3.8, 4) is 0 Å². The summed E-state index contributed by atoms with van der Waals surface area (Å²) >= 11 is 18.4. The Morgan fingerprint density at radius 2 is 1.81 bits per heavy atom. The van der Waals surface area contributed by atoms with Crippen LogP contribution in [-0.4, -0.2) is 40.7 Å². The molecule has 166 valence electrons. The lowest BCUT2D eigenvalue weighted by Crippen LogP contribution is -2.29. The van der Waals surface area contributed by atoms with E-state index in [-0.39, 0.29) is 18.2 Å². The number of ether oxygens (including phenoxy) is 1. The Bertz CT molecular complexity index is 1080. The Kier molecular flexibility index (Phi) is 8.31. The summed E-state index contributed by atoms with van der Waals surface area (Å²) in [5, 5.41) is 3.59. The lowest BCUT2D eigenvalue weighted by Gasteiger charge is -2.14. The molecule has 2 aromatic carbocycles. The van der Waals surface area contributed by atoms with Gasteiger partial charge in [-0.1, -0.05) is 59.3 Å². The van der Waals surface area contributed by atoms with Gasteiger partial charge < -0.3 is 10.1 Å². The van der Waals surface area contributed by atoms with Gasteiger partial charge in [-0.15, -0.1) is 0 Å². The first kappa shape index (κ1) is 24.3. The summed E-state index contributed by atoms with van der Waals surface area (Å²) in [5.74, 6) is -0.848. The molecule has 1 fully saturated rings. The zero-order valence-electron chi connectivity index (χ0n) is 16.9. The maximum Gasteiger partial charge on any atom is 0.337 e. The summed E-state index contributed by atoms with van der Waals surface area (Å²) in [4.78, 5) is 38.4. The SMILES string of the molecule is COC(=O)c1ccc(/C=C2\SC(=S)N(CCCC(=O)Nc3cc(Cl)cc(Cl)c3)C2=O)cc1. The maximum atomic E-state index is 12.7. The number of hydrogen-bond donors (Lipinski definition) is 1. The number of methoxy groups -OCH3 is 1. The second-order valence-corrected chi connectivity index (χ2v) is 9.31. The Hall–Kier alpha value is -2.39. The third-order valence-electron chi connectivity index (χ3n) is 4.44. The first-order chi connectivity index (χ1) is 15.3. The van der Waals surface area contributed by atoms with Crippen molar-refractivity contribution < 1.29 is 19.1 Å². The highest BCUT2D eigenvalue weighted by Crippen LogP contribution is 2.32. The van der Waals surface area contributed by atoms with Crippen LogP contribution in [0, 0.1) is 0 Å². The summed E-state index contributed by atoms with van der Waals surface area (Å²) < 4.78 is 5.12. The van der Waals surface area contributed by atoms with E-state index in [2.05, 4.69) is 10.1 Å². The highest BCUT2D eigenvalue weighted by molar-refractivity contribution is 8.26. The van der Waals surface area contributed by atoms with E-state index in [0.29, 0.717) is 43.5 Å². The lowest BCUT2D eigenvalue weighted by molar-refractivity contribution is -0.122.